The summed E-state index contributed by atoms with van der Waals surface area (Å²) < 4.78 is 0. The van der Waals surface area contributed by atoms with Gasteiger partial charge in [-0.1, -0.05) is 72.8 Å². The summed E-state index contributed by atoms with van der Waals surface area (Å²) in [6.45, 7) is 0. The van der Waals surface area contributed by atoms with Gasteiger partial charge in [0.1, 0.15) is 0 Å². The van der Waals surface area contributed by atoms with Gasteiger partial charge in [0.05, 0.1) is 0 Å². The van der Waals surface area contributed by atoms with E-state index in [-0.39, 0.29) is 6.04 Å². The Labute approximate surface area is 126 Å². The molecule has 0 saturated heterocycles. The third-order valence-corrected chi connectivity index (χ3v) is 4.05. The molecule has 1 heteroatoms. The van der Waals surface area contributed by atoms with Crippen molar-refractivity contribution in [1.82, 2.24) is 0 Å². The van der Waals surface area contributed by atoms with E-state index in [1.807, 2.05) is 0 Å². The van der Waals surface area contributed by atoms with Crippen molar-refractivity contribution in [2.24, 2.45) is 5.73 Å². The number of rotatable bonds is 5. The summed E-state index contributed by atoms with van der Waals surface area (Å²) in [5, 5.41) is 2.56. The zero-order valence-corrected chi connectivity index (χ0v) is 12.2. The van der Waals surface area contributed by atoms with Crippen molar-refractivity contribution in [2.45, 2.75) is 25.3 Å². The number of benzene rings is 3. The fourth-order valence-corrected chi connectivity index (χ4v) is 2.90. The van der Waals surface area contributed by atoms with E-state index < -0.39 is 0 Å². The highest BCUT2D eigenvalue weighted by molar-refractivity contribution is 5.86. The molecule has 0 heterocycles. The highest BCUT2D eigenvalue weighted by Gasteiger charge is 2.09. The van der Waals surface area contributed by atoms with E-state index in [4.69, 9.17) is 5.73 Å². The second kappa shape index (κ2) is 6.55. The lowest BCUT2D eigenvalue weighted by molar-refractivity contribution is 0.615. The lowest BCUT2D eigenvalue weighted by atomic mass is 9.95. The molecule has 0 saturated carbocycles. The Morgan fingerprint density at radius 3 is 2.33 bits per heavy atom. The molecule has 1 unspecified atom stereocenters. The minimum absolute atomic E-state index is 0.111. The average molecular weight is 275 g/mol. The molecule has 0 fully saturated rings. The van der Waals surface area contributed by atoms with Crippen LogP contribution in [-0.4, -0.2) is 0 Å². The predicted molar refractivity (Wildman–Crippen MR) is 90.3 cm³/mol. The summed E-state index contributed by atoms with van der Waals surface area (Å²) in [5.74, 6) is 0. The molecule has 1 nitrogen and oxygen atoms in total. The van der Waals surface area contributed by atoms with Crippen molar-refractivity contribution >= 4 is 10.8 Å². The van der Waals surface area contributed by atoms with Crippen LogP contribution in [0.1, 0.15) is 30.0 Å². The van der Waals surface area contributed by atoms with Crippen LogP contribution in [0.25, 0.3) is 10.8 Å². The van der Waals surface area contributed by atoms with Crippen LogP contribution in [0.4, 0.5) is 0 Å². The van der Waals surface area contributed by atoms with Crippen LogP contribution in [0.5, 0.6) is 0 Å². The molecule has 0 spiro atoms. The van der Waals surface area contributed by atoms with Gasteiger partial charge in [0.15, 0.2) is 0 Å². The topological polar surface area (TPSA) is 26.0 Å². The SMILES string of the molecule is NC(CCCc1ccccc1)c1cccc2ccccc12. The number of aryl methyl sites for hydroxylation is 1. The van der Waals surface area contributed by atoms with Gasteiger partial charge in [0, 0.05) is 6.04 Å². The van der Waals surface area contributed by atoms with E-state index in [1.165, 1.54) is 21.9 Å². The van der Waals surface area contributed by atoms with Gasteiger partial charge < -0.3 is 5.73 Å². The molecule has 0 bridgehead atoms. The van der Waals surface area contributed by atoms with Gasteiger partial charge in [-0.05, 0) is 41.2 Å². The van der Waals surface area contributed by atoms with Crippen LogP contribution in [0, 0.1) is 0 Å². The van der Waals surface area contributed by atoms with Crippen LogP contribution < -0.4 is 5.73 Å². The quantitative estimate of drug-likeness (QED) is 0.707. The zero-order chi connectivity index (χ0) is 14.5. The lowest BCUT2D eigenvalue weighted by Gasteiger charge is -2.14. The minimum atomic E-state index is 0.111. The first-order valence-electron chi connectivity index (χ1n) is 7.62. The van der Waals surface area contributed by atoms with Crippen molar-refractivity contribution in [3.05, 3.63) is 83.9 Å². The highest BCUT2D eigenvalue weighted by atomic mass is 14.6. The summed E-state index contributed by atoms with van der Waals surface area (Å²) in [6.07, 6.45) is 3.23. The van der Waals surface area contributed by atoms with Crippen molar-refractivity contribution in [3.63, 3.8) is 0 Å². The van der Waals surface area contributed by atoms with Crippen LogP contribution >= 0.6 is 0 Å². The van der Waals surface area contributed by atoms with Crippen LogP contribution in [0.3, 0.4) is 0 Å². The Kier molecular flexibility index (Phi) is 4.32. The molecular formula is C20H21N. The van der Waals surface area contributed by atoms with E-state index in [0.29, 0.717) is 0 Å². The third kappa shape index (κ3) is 3.32. The molecule has 21 heavy (non-hydrogen) atoms. The Morgan fingerprint density at radius 2 is 1.48 bits per heavy atom. The van der Waals surface area contributed by atoms with Gasteiger partial charge in [0.2, 0.25) is 0 Å². The molecule has 0 aromatic heterocycles. The predicted octanol–water partition coefficient (Wildman–Crippen LogP) is 4.86. The number of fused-ring (bicyclic) bond motifs is 1. The Hall–Kier alpha value is -2.12. The molecule has 0 radical (unpaired) electrons. The molecule has 0 aliphatic heterocycles. The minimum Gasteiger partial charge on any atom is -0.324 e. The van der Waals surface area contributed by atoms with E-state index in [2.05, 4.69) is 72.8 Å². The summed E-state index contributed by atoms with van der Waals surface area (Å²) in [4.78, 5) is 0. The van der Waals surface area contributed by atoms with Gasteiger partial charge in [0.25, 0.3) is 0 Å². The molecule has 0 amide bonds. The molecule has 3 aromatic carbocycles. The normalized spacial score (nSPS) is 12.4. The van der Waals surface area contributed by atoms with E-state index in [0.717, 1.165) is 19.3 Å². The molecule has 3 aromatic rings. The summed E-state index contributed by atoms with van der Waals surface area (Å²) >= 11 is 0. The Morgan fingerprint density at radius 1 is 0.762 bits per heavy atom. The van der Waals surface area contributed by atoms with Crippen molar-refractivity contribution < 1.29 is 0 Å². The maximum atomic E-state index is 6.43. The largest absolute Gasteiger partial charge is 0.324 e. The monoisotopic (exact) mass is 275 g/mol. The Bertz CT molecular complexity index is 698. The second-order valence-electron chi connectivity index (χ2n) is 5.55. The van der Waals surface area contributed by atoms with Gasteiger partial charge in [-0.25, -0.2) is 0 Å². The molecule has 0 aliphatic rings. The molecule has 3 rings (SSSR count). The summed E-state index contributed by atoms with van der Waals surface area (Å²) in [6, 6.07) is 25.6. The van der Waals surface area contributed by atoms with E-state index in [9.17, 15) is 0 Å². The molecule has 0 aliphatic carbocycles. The van der Waals surface area contributed by atoms with Crippen LogP contribution in [0.15, 0.2) is 72.8 Å². The lowest BCUT2D eigenvalue weighted by Crippen LogP contribution is -2.11. The second-order valence-corrected chi connectivity index (χ2v) is 5.55. The molecular weight excluding hydrogens is 254 g/mol. The van der Waals surface area contributed by atoms with Crippen LogP contribution in [0.2, 0.25) is 0 Å². The maximum Gasteiger partial charge on any atom is 0.0301 e. The number of nitrogens with two attached hydrogens (primary N) is 1. The highest BCUT2D eigenvalue weighted by Crippen LogP contribution is 2.25. The first-order valence-corrected chi connectivity index (χ1v) is 7.62. The average Bonchev–Trinajstić information content (AvgIpc) is 2.55. The van der Waals surface area contributed by atoms with Crippen LogP contribution in [-0.2, 0) is 6.42 Å². The number of hydrogen-bond donors (Lipinski definition) is 1. The van der Waals surface area contributed by atoms with Gasteiger partial charge in [-0.15, -0.1) is 0 Å². The van der Waals surface area contributed by atoms with Gasteiger partial charge >= 0.3 is 0 Å². The summed E-state index contributed by atoms with van der Waals surface area (Å²) in [7, 11) is 0. The van der Waals surface area contributed by atoms with Crippen molar-refractivity contribution in [2.75, 3.05) is 0 Å². The van der Waals surface area contributed by atoms with E-state index in [1.54, 1.807) is 0 Å². The first-order chi connectivity index (χ1) is 10.3. The van der Waals surface area contributed by atoms with Crippen molar-refractivity contribution in [1.29, 1.82) is 0 Å². The molecule has 1 atom stereocenters. The van der Waals surface area contributed by atoms with Crippen molar-refractivity contribution in [3.8, 4) is 0 Å². The van der Waals surface area contributed by atoms with E-state index >= 15 is 0 Å². The third-order valence-electron chi connectivity index (χ3n) is 4.05. The Balaban J connectivity index is 1.68. The standard InChI is InChI=1S/C20H21N/c21-20(15-6-10-16-8-2-1-3-9-16)19-14-7-12-17-11-4-5-13-18(17)19/h1-5,7-9,11-14,20H,6,10,15,21H2. The number of hydrogen-bond acceptors (Lipinski definition) is 1. The van der Waals surface area contributed by atoms with Gasteiger partial charge in [-0.2, -0.15) is 0 Å². The fraction of sp³-hybridized carbons (Fsp3) is 0.200. The molecule has 2 N–H and O–H groups in total. The smallest absolute Gasteiger partial charge is 0.0301 e. The zero-order valence-electron chi connectivity index (χ0n) is 12.2. The first kappa shape index (κ1) is 13.8. The summed E-state index contributed by atoms with van der Waals surface area (Å²) in [5.41, 5.74) is 9.08. The molecule has 106 valence electrons. The fourth-order valence-electron chi connectivity index (χ4n) is 2.90. The van der Waals surface area contributed by atoms with Gasteiger partial charge in [-0.3, -0.25) is 0 Å². The maximum absolute atomic E-state index is 6.43.